The van der Waals surface area contributed by atoms with Crippen LogP contribution in [0, 0.1) is 12.7 Å². The number of rotatable bonds is 4. The summed E-state index contributed by atoms with van der Waals surface area (Å²) in [5.74, 6) is -1.35. The third-order valence-electron chi connectivity index (χ3n) is 3.19. The van der Waals surface area contributed by atoms with Crippen molar-refractivity contribution in [3.05, 3.63) is 65.5 Å². The molecule has 2 N–H and O–H groups in total. The molecule has 0 radical (unpaired) electrons. The van der Waals surface area contributed by atoms with E-state index >= 15 is 0 Å². The van der Waals surface area contributed by atoms with Gasteiger partial charge in [0.1, 0.15) is 11.9 Å². The van der Waals surface area contributed by atoms with Gasteiger partial charge in [-0.2, -0.15) is 0 Å². The largest absolute Gasteiger partial charge is 0.341 e. The minimum Gasteiger partial charge on any atom is -0.341 e. The van der Waals surface area contributed by atoms with Gasteiger partial charge in [0.05, 0.1) is 5.69 Å². The fourth-order valence-corrected chi connectivity index (χ4v) is 1.85. The van der Waals surface area contributed by atoms with Gasteiger partial charge in [0.2, 0.25) is 5.91 Å². The van der Waals surface area contributed by atoms with Crippen LogP contribution in [0.5, 0.6) is 0 Å². The van der Waals surface area contributed by atoms with Crippen LogP contribution in [0.1, 0.15) is 22.8 Å². The Kier molecular flexibility index (Phi) is 4.88. The normalized spacial score (nSPS) is 11.6. The highest BCUT2D eigenvalue weighted by Crippen LogP contribution is 2.12. The standard InChI is InChI=1S/C17H17FN2O2/c1-11-7-9-13(10-8-11)17(22)19-12(2)16(21)20-15-6-4-3-5-14(15)18/h3-10,12H,1-2H3,(H,19,22)(H,20,21). The molecule has 0 bridgehead atoms. The smallest absolute Gasteiger partial charge is 0.251 e. The molecule has 2 amide bonds. The average Bonchev–Trinajstić information content (AvgIpc) is 2.50. The number of carbonyl (C=O) groups excluding carboxylic acids is 2. The number of para-hydroxylation sites is 1. The Bertz CT molecular complexity index is 683. The second-order valence-corrected chi connectivity index (χ2v) is 5.03. The van der Waals surface area contributed by atoms with E-state index in [9.17, 15) is 14.0 Å². The third-order valence-corrected chi connectivity index (χ3v) is 3.19. The summed E-state index contributed by atoms with van der Waals surface area (Å²) in [6.45, 7) is 3.47. The lowest BCUT2D eigenvalue weighted by atomic mass is 10.1. The molecule has 22 heavy (non-hydrogen) atoms. The van der Waals surface area contributed by atoms with Gasteiger partial charge in [-0.25, -0.2) is 4.39 Å². The molecule has 114 valence electrons. The van der Waals surface area contributed by atoms with E-state index in [0.29, 0.717) is 5.56 Å². The zero-order valence-electron chi connectivity index (χ0n) is 12.4. The van der Waals surface area contributed by atoms with Gasteiger partial charge in [-0.3, -0.25) is 9.59 Å². The van der Waals surface area contributed by atoms with E-state index in [0.717, 1.165) is 5.56 Å². The molecule has 2 aromatic rings. The van der Waals surface area contributed by atoms with Crippen molar-refractivity contribution in [1.82, 2.24) is 5.32 Å². The first kappa shape index (κ1) is 15.7. The number of aryl methyl sites for hydroxylation is 1. The Morgan fingerprint density at radius 3 is 2.32 bits per heavy atom. The molecule has 0 saturated heterocycles. The molecule has 0 aliphatic rings. The lowest BCUT2D eigenvalue weighted by molar-refractivity contribution is -0.117. The van der Waals surface area contributed by atoms with Gasteiger partial charge in [0.25, 0.3) is 5.91 Å². The van der Waals surface area contributed by atoms with Gasteiger partial charge < -0.3 is 10.6 Å². The van der Waals surface area contributed by atoms with Crippen LogP contribution in [-0.4, -0.2) is 17.9 Å². The maximum absolute atomic E-state index is 13.5. The van der Waals surface area contributed by atoms with Crippen LogP contribution >= 0.6 is 0 Å². The van der Waals surface area contributed by atoms with Crippen molar-refractivity contribution in [1.29, 1.82) is 0 Å². The third kappa shape index (κ3) is 3.91. The average molecular weight is 300 g/mol. The van der Waals surface area contributed by atoms with E-state index in [1.165, 1.54) is 18.2 Å². The number of halogens is 1. The molecule has 0 aromatic heterocycles. The summed E-state index contributed by atoms with van der Waals surface area (Å²) < 4.78 is 13.5. The monoisotopic (exact) mass is 300 g/mol. The highest BCUT2D eigenvalue weighted by Gasteiger charge is 2.17. The van der Waals surface area contributed by atoms with E-state index in [2.05, 4.69) is 10.6 Å². The molecular formula is C17H17FN2O2. The molecule has 1 atom stereocenters. The molecule has 0 saturated carbocycles. The molecule has 0 aliphatic heterocycles. The first-order chi connectivity index (χ1) is 10.5. The predicted molar refractivity (Wildman–Crippen MR) is 83.1 cm³/mol. The number of amides is 2. The Labute approximate surface area is 128 Å². The summed E-state index contributed by atoms with van der Waals surface area (Å²) in [7, 11) is 0. The summed E-state index contributed by atoms with van der Waals surface area (Å²) in [6, 6.07) is 12.1. The van der Waals surface area contributed by atoms with E-state index in [1.54, 1.807) is 25.1 Å². The van der Waals surface area contributed by atoms with Gasteiger partial charge >= 0.3 is 0 Å². The quantitative estimate of drug-likeness (QED) is 0.912. The number of nitrogens with one attached hydrogen (secondary N) is 2. The van der Waals surface area contributed by atoms with Crippen molar-refractivity contribution < 1.29 is 14.0 Å². The molecule has 0 heterocycles. The van der Waals surface area contributed by atoms with Crippen molar-refractivity contribution in [3.8, 4) is 0 Å². The second kappa shape index (κ2) is 6.85. The van der Waals surface area contributed by atoms with Crippen LogP contribution in [-0.2, 0) is 4.79 Å². The molecular weight excluding hydrogens is 283 g/mol. The molecule has 0 spiro atoms. The summed E-state index contributed by atoms with van der Waals surface area (Å²) >= 11 is 0. The van der Waals surface area contributed by atoms with Crippen molar-refractivity contribution in [2.45, 2.75) is 19.9 Å². The number of carbonyl (C=O) groups is 2. The van der Waals surface area contributed by atoms with Crippen molar-refractivity contribution in [2.24, 2.45) is 0 Å². The zero-order chi connectivity index (χ0) is 16.1. The van der Waals surface area contributed by atoms with E-state index in [-0.39, 0.29) is 11.6 Å². The van der Waals surface area contributed by atoms with Crippen LogP contribution in [0.3, 0.4) is 0 Å². The Balaban J connectivity index is 1.98. The van der Waals surface area contributed by atoms with Gasteiger partial charge in [-0.1, -0.05) is 29.8 Å². The molecule has 1 unspecified atom stereocenters. The summed E-state index contributed by atoms with van der Waals surface area (Å²) in [4.78, 5) is 24.0. The van der Waals surface area contributed by atoms with Crippen LogP contribution < -0.4 is 10.6 Å². The number of hydrogen-bond donors (Lipinski definition) is 2. The van der Waals surface area contributed by atoms with Crippen molar-refractivity contribution >= 4 is 17.5 Å². The maximum atomic E-state index is 13.5. The molecule has 4 nitrogen and oxygen atoms in total. The molecule has 5 heteroatoms. The lowest BCUT2D eigenvalue weighted by Gasteiger charge is -2.14. The minimum atomic E-state index is -0.784. The van der Waals surface area contributed by atoms with Crippen LogP contribution in [0.25, 0.3) is 0 Å². The number of hydrogen-bond acceptors (Lipinski definition) is 2. The topological polar surface area (TPSA) is 58.2 Å². The fraction of sp³-hybridized carbons (Fsp3) is 0.176. The zero-order valence-corrected chi connectivity index (χ0v) is 12.4. The van der Waals surface area contributed by atoms with Gasteiger partial charge in [0.15, 0.2) is 0 Å². The maximum Gasteiger partial charge on any atom is 0.251 e. The second-order valence-electron chi connectivity index (χ2n) is 5.03. The first-order valence-corrected chi connectivity index (χ1v) is 6.90. The van der Waals surface area contributed by atoms with Gasteiger partial charge in [-0.15, -0.1) is 0 Å². The van der Waals surface area contributed by atoms with Crippen LogP contribution in [0.15, 0.2) is 48.5 Å². The van der Waals surface area contributed by atoms with Gasteiger partial charge in [0, 0.05) is 5.56 Å². The lowest BCUT2D eigenvalue weighted by Crippen LogP contribution is -2.41. The Morgan fingerprint density at radius 1 is 1.05 bits per heavy atom. The summed E-state index contributed by atoms with van der Waals surface area (Å²) in [5.41, 5.74) is 1.60. The molecule has 2 aromatic carbocycles. The molecule has 2 rings (SSSR count). The highest BCUT2D eigenvalue weighted by atomic mass is 19.1. The Hall–Kier alpha value is -2.69. The number of anilines is 1. The summed E-state index contributed by atoms with van der Waals surface area (Å²) in [6.07, 6.45) is 0. The SMILES string of the molecule is Cc1ccc(C(=O)NC(C)C(=O)Nc2ccccc2F)cc1. The van der Waals surface area contributed by atoms with E-state index in [1.807, 2.05) is 19.1 Å². The fourth-order valence-electron chi connectivity index (χ4n) is 1.85. The first-order valence-electron chi connectivity index (χ1n) is 6.90. The van der Waals surface area contributed by atoms with Crippen molar-refractivity contribution in [2.75, 3.05) is 5.32 Å². The molecule has 0 aliphatic carbocycles. The highest BCUT2D eigenvalue weighted by molar-refractivity contribution is 6.01. The van der Waals surface area contributed by atoms with E-state index in [4.69, 9.17) is 0 Å². The van der Waals surface area contributed by atoms with Crippen molar-refractivity contribution in [3.63, 3.8) is 0 Å². The van der Waals surface area contributed by atoms with Crippen LogP contribution in [0.4, 0.5) is 10.1 Å². The predicted octanol–water partition coefficient (Wildman–Crippen LogP) is 2.89. The van der Waals surface area contributed by atoms with Gasteiger partial charge in [-0.05, 0) is 38.1 Å². The van der Waals surface area contributed by atoms with Crippen LogP contribution in [0.2, 0.25) is 0 Å². The number of benzene rings is 2. The summed E-state index contributed by atoms with van der Waals surface area (Å²) in [5, 5.41) is 5.03. The minimum absolute atomic E-state index is 0.0870. The molecule has 0 fully saturated rings. The van der Waals surface area contributed by atoms with E-state index < -0.39 is 17.8 Å². The Morgan fingerprint density at radius 2 is 1.68 bits per heavy atom.